The van der Waals surface area contributed by atoms with Crippen molar-refractivity contribution >= 4 is 21.8 Å². The summed E-state index contributed by atoms with van der Waals surface area (Å²) in [4.78, 5) is 15.5. The molecule has 178 valence electrons. The number of rotatable bonds is 8. The van der Waals surface area contributed by atoms with Crippen LogP contribution in [0.1, 0.15) is 11.7 Å². The number of aryl methyl sites for hydroxylation is 1. The number of benzene rings is 2. The highest BCUT2D eigenvalue weighted by atomic mass is 32.2. The van der Waals surface area contributed by atoms with Crippen molar-refractivity contribution in [2.24, 2.45) is 7.05 Å². The van der Waals surface area contributed by atoms with Crippen LogP contribution in [0.4, 0.5) is 8.78 Å². The molecule has 1 atom stereocenters. The van der Waals surface area contributed by atoms with Gasteiger partial charge in [-0.2, -0.15) is 0 Å². The minimum atomic E-state index is -2.82. The van der Waals surface area contributed by atoms with E-state index in [0.29, 0.717) is 27.6 Å². The van der Waals surface area contributed by atoms with E-state index in [1.54, 1.807) is 43.7 Å². The van der Waals surface area contributed by atoms with Crippen molar-refractivity contribution in [1.82, 2.24) is 14.3 Å². The van der Waals surface area contributed by atoms with E-state index in [1.165, 1.54) is 17.7 Å². The van der Waals surface area contributed by atoms with Gasteiger partial charge in [0.2, 0.25) is 10.9 Å². The zero-order valence-electron chi connectivity index (χ0n) is 18.2. The topological polar surface area (TPSA) is 102 Å². The van der Waals surface area contributed by atoms with Crippen molar-refractivity contribution in [3.8, 4) is 22.6 Å². The molecule has 11 heteroatoms. The molecule has 2 aromatic heterocycles. The van der Waals surface area contributed by atoms with Crippen LogP contribution in [0.5, 0.6) is 11.5 Å². The van der Waals surface area contributed by atoms with Gasteiger partial charge >= 0.3 is 0 Å². The van der Waals surface area contributed by atoms with Gasteiger partial charge in [-0.15, -0.1) is 0 Å². The predicted molar refractivity (Wildman–Crippen MR) is 123 cm³/mol. The van der Waals surface area contributed by atoms with Gasteiger partial charge in [-0.25, -0.2) is 21.9 Å². The van der Waals surface area contributed by atoms with Crippen LogP contribution in [0, 0.1) is 11.6 Å². The summed E-state index contributed by atoms with van der Waals surface area (Å²) in [6.07, 6.45) is 2.63. The van der Waals surface area contributed by atoms with Crippen molar-refractivity contribution in [3.63, 3.8) is 0 Å². The summed E-state index contributed by atoms with van der Waals surface area (Å²) in [6, 6.07) is 9.68. The van der Waals surface area contributed by atoms with Crippen LogP contribution in [0.3, 0.4) is 0 Å². The average Bonchev–Trinajstić information content (AvgIpc) is 3.29. The summed E-state index contributed by atoms with van der Waals surface area (Å²) >= 11 is 0. The van der Waals surface area contributed by atoms with E-state index >= 15 is 0 Å². The van der Waals surface area contributed by atoms with Crippen molar-refractivity contribution in [2.45, 2.75) is 6.10 Å². The number of thiol groups is 1. The number of nitrogens with zero attached hydrogens (tertiary/aromatic N) is 1. The monoisotopic (exact) mass is 489 g/mol. The second kappa shape index (κ2) is 9.75. The number of aromatic amines is 1. The molecule has 0 saturated heterocycles. The Balaban J connectivity index is 1.90. The highest BCUT2D eigenvalue weighted by molar-refractivity contribution is 7.70. The number of halogens is 2. The molecule has 34 heavy (non-hydrogen) atoms. The molecule has 1 unspecified atom stereocenters. The lowest BCUT2D eigenvalue weighted by Crippen LogP contribution is -2.21. The fraction of sp³-hybridized carbons (Fsp3) is 0.174. The Bertz CT molecular complexity index is 1490. The Morgan fingerprint density at radius 1 is 1.09 bits per heavy atom. The lowest BCUT2D eigenvalue weighted by molar-refractivity contribution is 0.107. The molecular weight excluding hydrogens is 468 g/mol. The van der Waals surface area contributed by atoms with E-state index in [2.05, 4.69) is 9.71 Å². The number of pyridine rings is 1. The van der Waals surface area contributed by atoms with Gasteiger partial charge < -0.3 is 19.0 Å². The highest BCUT2D eigenvalue weighted by Crippen LogP contribution is 2.39. The molecule has 4 rings (SSSR count). The van der Waals surface area contributed by atoms with Crippen LogP contribution in [-0.4, -0.2) is 31.6 Å². The SMILES string of the molecule is COC(CN[SH](=O)=O)c1ccc(Oc2ccc(F)cc2F)c(-c2cn(C)c(=O)c3[nH]ccc23)c1. The zero-order valence-corrected chi connectivity index (χ0v) is 19.1. The maximum absolute atomic E-state index is 14.3. The summed E-state index contributed by atoms with van der Waals surface area (Å²) < 4.78 is 64.7. The third kappa shape index (κ3) is 4.72. The number of aromatic nitrogens is 2. The second-order valence-electron chi connectivity index (χ2n) is 7.50. The number of ether oxygens (including phenoxy) is 2. The third-order valence-corrected chi connectivity index (χ3v) is 5.80. The second-order valence-corrected chi connectivity index (χ2v) is 8.33. The first kappa shape index (κ1) is 23.6. The van der Waals surface area contributed by atoms with Crippen LogP contribution in [0.2, 0.25) is 0 Å². The normalized spacial score (nSPS) is 12.4. The Labute approximate surface area is 194 Å². The number of hydrogen-bond donors (Lipinski definition) is 3. The van der Waals surface area contributed by atoms with Gasteiger partial charge in [0.25, 0.3) is 5.56 Å². The van der Waals surface area contributed by atoms with Crippen molar-refractivity contribution in [3.05, 3.63) is 82.4 Å². The summed E-state index contributed by atoms with van der Waals surface area (Å²) in [6.45, 7) is -0.00568. The van der Waals surface area contributed by atoms with Crippen LogP contribution >= 0.6 is 0 Å². The molecule has 0 amide bonds. The predicted octanol–water partition coefficient (Wildman–Crippen LogP) is 3.41. The molecule has 0 aliphatic rings. The van der Waals surface area contributed by atoms with Gasteiger partial charge in [0.05, 0.1) is 6.10 Å². The van der Waals surface area contributed by atoms with E-state index in [0.717, 1.165) is 12.1 Å². The Hall–Kier alpha value is -3.54. The van der Waals surface area contributed by atoms with E-state index in [4.69, 9.17) is 9.47 Å². The molecule has 0 fully saturated rings. The maximum atomic E-state index is 14.3. The average molecular weight is 490 g/mol. The molecule has 2 aromatic carbocycles. The molecule has 0 aliphatic heterocycles. The summed E-state index contributed by atoms with van der Waals surface area (Å²) in [7, 11) is 0.222. The first-order valence-electron chi connectivity index (χ1n) is 10.1. The smallest absolute Gasteiger partial charge is 0.274 e. The lowest BCUT2D eigenvalue weighted by atomic mass is 9.98. The van der Waals surface area contributed by atoms with Gasteiger partial charge in [-0.1, -0.05) is 6.07 Å². The minimum absolute atomic E-state index is 0.00568. The fourth-order valence-electron chi connectivity index (χ4n) is 3.70. The standard InChI is InChI=1S/C23H21F2N3O5S/c1-28-12-17(15-7-8-26-22(15)23(28)29)16-9-13(21(32-2)11-27-34(30)31)3-5-19(16)33-20-6-4-14(24)10-18(20)25/h3-10,12,21,26,34H,11H2,1-2H3,(H,27,30,31). The number of methoxy groups -OCH3 is 1. The molecule has 0 aliphatic carbocycles. The molecule has 2 heterocycles. The minimum Gasteiger partial charge on any atom is -0.454 e. The van der Waals surface area contributed by atoms with Gasteiger partial charge in [0.1, 0.15) is 17.1 Å². The zero-order chi connectivity index (χ0) is 24.4. The van der Waals surface area contributed by atoms with Gasteiger partial charge in [-0.05, 0) is 35.9 Å². The molecular formula is C23H21F2N3O5S. The third-order valence-electron chi connectivity index (χ3n) is 5.36. The Morgan fingerprint density at radius 2 is 1.85 bits per heavy atom. The van der Waals surface area contributed by atoms with Crippen LogP contribution in [0.25, 0.3) is 22.0 Å². The lowest BCUT2D eigenvalue weighted by Gasteiger charge is -2.19. The molecule has 0 bridgehead atoms. The summed E-state index contributed by atoms with van der Waals surface area (Å²) in [5.41, 5.74) is 1.86. The summed E-state index contributed by atoms with van der Waals surface area (Å²) in [5.74, 6) is -1.55. The Kier molecular flexibility index (Phi) is 6.77. The van der Waals surface area contributed by atoms with Gasteiger partial charge in [0, 0.05) is 55.7 Å². The van der Waals surface area contributed by atoms with E-state index in [1.807, 2.05) is 0 Å². The first-order valence-corrected chi connectivity index (χ1v) is 11.3. The fourth-order valence-corrected chi connectivity index (χ4v) is 4.02. The van der Waals surface area contributed by atoms with Crippen LogP contribution in [-0.2, 0) is 22.7 Å². The molecule has 0 saturated carbocycles. The van der Waals surface area contributed by atoms with Crippen molar-refractivity contribution in [2.75, 3.05) is 13.7 Å². The molecule has 0 spiro atoms. The highest BCUT2D eigenvalue weighted by Gasteiger charge is 2.19. The van der Waals surface area contributed by atoms with Crippen LogP contribution in [0.15, 0.2) is 59.7 Å². The molecule has 8 nitrogen and oxygen atoms in total. The van der Waals surface area contributed by atoms with E-state index in [-0.39, 0.29) is 23.6 Å². The maximum Gasteiger partial charge on any atom is 0.274 e. The van der Waals surface area contributed by atoms with E-state index < -0.39 is 28.6 Å². The number of nitrogens with one attached hydrogen (secondary N) is 2. The summed E-state index contributed by atoms with van der Waals surface area (Å²) in [5, 5.41) is 0.611. The molecule has 2 N–H and O–H groups in total. The quantitative estimate of drug-likeness (QED) is 0.329. The number of H-pyrrole nitrogens is 1. The van der Waals surface area contributed by atoms with Crippen LogP contribution < -0.4 is 15.0 Å². The molecule has 0 radical (unpaired) electrons. The number of hydrogen-bond acceptors (Lipinski definition) is 5. The largest absolute Gasteiger partial charge is 0.454 e. The Morgan fingerprint density at radius 3 is 2.56 bits per heavy atom. The molecule has 4 aromatic rings. The first-order chi connectivity index (χ1) is 16.3. The van der Waals surface area contributed by atoms with Gasteiger partial charge in [0.15, 0.2) is 11.6 Å². The van der Waals surface area contributed by atoms with Gasteiger partial charge in [-0.3, -0.25) is 4.79 Å². The van der Waals surface area contributed by atoms with Crippen molar-refractivity contribution in [1.29, 1.82) is 0 Å². The van der Waals surface area contributed by atoms with E-state index in [9.17, 15) is 22.0 Å². The number of fused-ring (bicyclic) bond motifs is 1. The van der Waals surface area contributed by atoms with Crippen molar-refractivity contribution < 1.29 is 26.7 Å².